The van der Waals surface area contributed by atoms with Crippen LogP contribution in [-0.2, 0) is 0 Å². The number of hydrogen-bond acceptors (Lipinski definition) is 3. The summed E-state index contributed by atoms with van der Waals surface area (Å²) in [6.45, 7) is 1.90. The second kappa shape index (κ2) is 7.87. The Morgan fingerprint density at radius 3 is 2.48 bits per heavy atom. The van der Waals surface area contributed by atoms with E-state index in [1.807, 2.05) is 49.4 Å². The van der Waals surface area contributed by atoms with Gasteiger partial charge in [0.25, 0.3) is 0 Å². The first kappa shape index (κ1) is 17.1. The number of anilines is 1. The van der Waals surface area contributed by atoms with Crippen molar-refractivity contribution >= 4 is 27.6 Å². The van der Waals surface area contributed by atoms with E-state index in [1.165, 1.54) is 0 Å². The van der Waals surface area contributed by atoms with E-state index in [0.29, 0.717) is 11.5 Å². The lowest BCUT2D eigenvalue weighted by Gasteiger charge is -2.17. The lowest BCUT2D eigenvalue weighted by atomic mass is 10.1. The van der Waals surface area contributed by atoms with Gasteiger partial charge in [-0.05, 0) is 42.8 Å². The molecule has 2 amide bonds. The fourth-order valence-corrected chi connectivity index (χ4v) is 2.53. The molecule has 5 nitrogen and oxygen atoms in total. The fourth-order valence-electron chi connectivity index (χ4n) is 2.14. The summed E-state index contributed by atoms with van der Waals surface area (Å²) in [5.74, 6) is 1.29. The molecule has 2 rings (SSSR count). The van der Waals surface area contributed by atoms with Gasteiger partial charge in [0.2, 0.25) is 0 Å². The van der Waals surface area contributed by atoms with E-state index in [2.05, 4.69) is 26.6 Å². The Bertz CT molecular complexity index is 691. The topological polar surface area (TPSA) is 59.6 Å². The number of amides is 2. The van der Waals surface area contributed by atoms with Gasteiger partial charge in [-0.1, -0.05) is 28.1 Å². The smallest absolute Gasteiger partial charge is 0.319 e. The summed E-state index contributed by atoms with van der Waals surface area (Å²) in [6, 6.07) is 12.5. The minimum atomic E-state index is -0.273. The van der Waals surface area contributed by atoms with Crippen molar-refractivity contribution < 1.29 is 14.3 Å². The van der Waals surface area contributed by atoms with Crippen LogP contribution in [0.4, 0.5) is 10.5 Å². The molecule has 0 saturated heterocycles. The van der Waals surface area contributed by atoms with Crippen LogP contribution in [0.15, 0.2) is 46.9 Å². The maximum Gasteiger partial charge on any atom is 0.319 e. The molecule has 1 unspecified atom stereocenters. The lowest BCUT2D eigenvalue weighted by molar-refractivity contribution is 0.249. The van der Waals surface area contributed by atoms with Gasteiger partial charge in [-0.15, -0.1) is 0 Å². The SMILES string of the molecule is COc1ccc(C(C)NC(=O)Nc2cccc(Br)c2)cc1OC. The van der Waals surface area contributed by atoms with E-state index in [0.717, 1.165) is 15.7 Å². The van der Waals surface area contributed by atoms with Crippen molar-refractivity contribution in [3.63, 3.8) is 0 Å². The molecule has 2 N–H and O–H groups in total. The van der Waals surface area contributed by atoms with Gasteiger partial charge < -0.3 is 20.1 Å². The molecule has 122 valence electrons. The highest BCUT2D eigenvalue weighted by atomic mass is 79.9. The largest absolute Gasteiger partial charge is 0.493 e. The van der Waals surface area contributed by atoms with E-state index >= 15 is 0 Å². The summed E-state index contributed by atoms with van der Waals surface area (Å²) in [6.07, 6.45) is 0. The molecule has 0 aliphatic carbocycles. The Hall–Kier alpha value is -2.21. The van der Waals surface area contributed by atoms with Crippen LogP contribution in [0.2, 0.25) is 0 Å². The Morgan fingerprint density at radius 1 is 1.09 bits per heavy atom. The van der Waals surface area contributed by atoms with Crippen LogP contribution in [0.5, 0.6) is 11.5 Å². The standard InChI is InChI=1S/C17H19BrN2O3/c1-11(12-7-8-15(22-2)16(9-12)23-3)19-17(21)20-14-6-4-5-13(18)10-14/h4-11H,1-3H3,(H2,19,20,21). The molecular weight excluding hydrogens is 360 g/mol. The number of ether oxygens (including phenoxy) is 2. The molecule has 0 aromatic heterocycles. The Kier molecular flexibility index (Phi) is 5.87. The summed E-state index contributed by atoms with van der Waals surface area (Å²) >= 11 is 3.37. The van der Waals surface area contributed by atoms with Crippen LogP contribution in [-0.4, -0.2) is 20.3 Å². The minimum Gasteiger partial charge on any atom is -0.493 e. The molecule has 0 aliphatic rings. The fraction of sp³-hybridized carbons (Fsp3) is 0.235. The molecule has 23 heavy (non-hydrogen) atoms. The number of carbonyl (C=O) groups excluding carboxylic acids is 1. The Labute approximate surface area is 144 Å². The number of nitrogens with one attached hydrogen (secondary N) is 2. The van der Waals surface area contributed by atoms with Crippen molar-refractivity contribution in [1.29, 1.82) is 0 Å². The second-order valence-corrected chi connectivity index (χ2v) is 5.86. The predicted molar refractivity (Wildman–Crippen MR) is 94.3 cm³/mol. The zero-order chi connectivity index (χ0) is 16.8. The molecule has 6 heteroatoms. The summed E-state index contributed by atoms with van der Waals surface area (Å²) < 4.78 is 11.4. The third-order valence-corrected chi connectivity index (χ3v) is 3.83. The van der Waals surface area contributed by atoms with Crippen molar-refractivity contribution in [2.45, 2.75) is 13.0 Å². The first-order valence-electron chi connectivity index (χ1n) is 7.08. The van der Waals surface area contributed by atoms with Gasteiger partial charge in [0.15, 0.2) is 11.5 Å². The molecule has 1 atom stereocenters. The highest BCUT2D eigenvalue weighted by Gasteiger charge is 2.12. The van der Waals surface area contributed by atoms with Gasteiger partial charge >= 0.3 is 6.03 Å². The normalized spacial score (nSPS) is 11.5. The summed E-state index contributed by atoms with van der Waals surface area (Å²) in [5, 5.41) is 5.69. The van der Waals surface area contributed by atoms with Gasteiger partial charge in [-0.25, -0.2) is 4.79 Å². The first-order valence-corrected chi connectivity index (χ1v) is 7.87. The maximum atomic E-state index is 12.1. The third kappa shape index (κ3) is 4.63. The number of benzene rings is 2. The Balaban J connectivity index is 2.03. The van der Waals surface area contributed by atoms with E-state index in [-0.39, 0.29) is 12.1 Å². The van der Waals surface area contributed by atoms with Gasteiger partial charge in [-0.3, -0.25) is 0 Å². The van der Waals surface area contributed by atoms with Gasteiger partial charge in [0, 0.05) is 10.2 Å². The first-order chi connectivity index (χ1) is 11.0. The number of urea groups is 1. The molecular formula is C17H19BrN2O3. The molecule has 0 heterocycles. The molecule has 2 aromatic carbocycles. The van der Waals surface area contributed by atoms with Gasteiger partial charge in [-0.2, -0.15) is 0 Å². The van der Waals surface area contributed by atoms with Crippen LogP contribution in [0.25, 0.3) is 0 Å². The summed E-state index contributed by atoms with van der Waals surface area (Å²) in [7, 11) is 3.17. The lowest BCUT2D eigenvalue weighted by Crippen LogP contribution is -2.31. The molecule has 2 aromatic rings. The molecule has 0 spiro atoms. The van der Waals surface area contributed by atoms with Crippen LogP contribution < -0.4 is 20.1 Å². The monoisotopic (exact) mass is 378 g/mol. The zero-order valence-electron chi connectivity index (χ0n) is 13.2. The number of hydrogen-bond donors (Lipinski definition) is 2. The van der Waals surface area contributed by atoms with Crippen molar-refractivity contribution in [1.82, 2.24) is 5.32 Å². The molecule has 0 bridgehead atoms. The average molecular weight is 379 g/mol. The zero-order valence-corrected chi connectivity index (χ0v) is 14.8. The van der Waals surface area contributed by atoms with E-state index < -0.39 is 0 Å². The van der Waals surface area contributed by atoms with Crippen LogP contribution >= 0.6 is 15.9 Å². The third-order valence-electron chi connectivity index (χ3n) is 3.34. The highest BCUT2D eigenvalue weighted by molar-refractivity contribution is 9.10. The van der Waals surface area contributed by atoms with Crippen molar-refractivity contribution in [2.24, 2.45) is 0 Å². The van der Waals surface area contributed by atoms with Gasteiger partial charge in [0.05, 0.1) is 20.3 Å². The maximum absolute atomic E-state index is 12.1. The summed E-state index contributed by atoms with van der Waals surface area (Å²) in [4.78, 5) is 12.1. The van der Waals surface area contributed by atoms with Crippen molar-refractivity contribution in [3.8, 4) is 11.5 Å². The number of methoxy groups -OCH3 is 2. The number of rotatable bonds is 5. The Morgan fingerprint density at radius 2 is 1.83 bits per heavy atom. The van der Waals surface area contributed by atoms with Crippen LogP contribution in [0.1, 0.15) is 18.5 Å². The number of halogens is 1. The van der Waals surface area contributed by atoms with Crippen molar-refractivity contribution in [2.75, 3.05) is 19.5 Å². The molecule has 0 radical (unpaired) electrons. The molecule has 0 aliphatic heterocycles. The van der Waals surface area contributed by atoms with Gasteiger partial charge in [0.1, 0.15) is 0 Å². The van der Waals surface area contributed by atoms with E-state index in [4.69, 9.17) is 9.47 Å². The summed E-state index contributed by atoms with van der Waals surface area (Å²) in [5.41, 5.74) is 1.64. The quantitative estimate of drug-likeness (QED) is 0.812. The van der Waals surface area contributed by atoms with E-state index in [9.17, 15) is 4.79 Å². The van der Waals surface area contributed by atoms with E-state index in [1.54, 1.807) is 14.2 Å². The molecule has 0 saturated carbocycles. The van der Waals surface area contributed by atoms with Crippen LogP contribution in [0.3, 0.4) is 0 Å². The molecule has 0 fully saturated rings. The highest BCUT2D eigenvalue weighted by Crippen LogP contribution is 2.29. The minimum absolute atomic E-state index is 0.179. The van der Waals surface area contributed by atoms with Crippen molar-refractivity contribution in [3.05, 3.63) is 52.5 Å². The predicted octanol–water partition coefficient (Wildman–Crippen LogP) is 4.35. The second-order valence-electron chi connectivity index (χ2n) is 4.94. The average Bonchev–Trinajstić information content (AvgIpc) is 2.53. The number of carbonyl (C=O) groups is 1. The van der Waals surface area contributed by atoms with Crippen LogP contribution in [0, 0.1) is 0 Å².